The minimum atomic E-state index is 0.315. The Hall–Kier alpha value is -1.11. The van der Waals surface area contributed by atoms with Crippen molar-refractivity contribution in [1.29, 1.82) is 0 Å². The predicted octanol–water partition coefficient (Wildman–Crippen LogP) is 4.36. The zero-order valence-electron chi connectivity index (χ0n) is 10.7. The lowest BCUT2D eigenvalue weighted by molar-refractivity contribution is -0.115. The van der Waals surface area contributed by atoms with E-state index in [-0.39, 0.29) is 0 Å². The van der Waals surface area contributed by atoms with Gasteiger partial charge in [0.2, 0.25) is 0 Å². The average Bonchev–Trinajstić information content (AvgIpc) is 2.28. The molecule has 0 unspecified atom stereocenters. The van der Waals surface area contributed by atoms with Gasteiger partial charge in [0.1, 0.15) is 0 Å². The van der Waals surface area contributed by atoms with Crippen molar-refractivity contribution in [3.05, 3.63) is 34.9 Å². The molecule has 0 aromatic carbocycles. The van der Waals surface area contributed by atoms with Crippen LogP contribution in [-0.2, 0) is 4.79 Å². The van der Waals surface area contributed by atoms with Crippen LogP contribution in [0.2, 0.25) is 0 Å². The molecule has 0 heterocycles. The lowest BCUT2D eigenvalue weighted by atomic mass is 9.96. The molecule has 1 aliphatic carbocycles. The predicted molar refractivity (Wildman–Crippen MR) is 69.4 cm³/mol. The second-order valence-corrected chi connectivity index (χ2v) is 4.55. The molecule has 0 radical (unpaired) electrons. The summed E-state index contributed by atoms with van der Waals surface area (Å²) in [5.74, 6) is 0.315. The molecule has 0 aliphatic heterocycles. The molecule has 16 heavy (non-hydrogen) atoms. The van der Waals surface area contributed by atoms with Crippen LogP contribution < -0.4 is 0 Å². The molecule has 0 amide bonds. The van der Waals surface area contributed by atoms with Gasteiger partial charge in [0, 0.05) is 6.42 Å². The second kappa shape index (κ2) is 6.47. The van der Waals surface area contributed by atoms with Gasteiger partial charge in [-0.2, -0.15) is 0 Å². The summed E-state index contributed by atoms with van der Waals surface area (Å²) >= 11 is 0. The fourth-order valence-corrected chi connectivity index (χ4v) is 1.85. The normalized spacial score (nSPS) is 29.9. The minimum absolute atomic E-state index is 0.315. The molecule has 1 heteroatoms. The number of rotatable bonds is 0. The molecule has 0 aromatic rings. The van der Waals surface area contributed by atoms with E-state index in [4.69, 9.17) is 0 Å². The van der Waals surface area contributed by atoms with Gasteiger partial charge in [-0.3, -0.25) is 4.79 Å². The Kier molecular flexibility index (Phi) is 5.24. The first-order chi connectivity index (χ1) is 7.63. The Morgan fingerprint density at radius 3 is 2.50 bits per heavy atom. The number of carbonyl (C=O) groups excluding carboxylic acids is 1. The summed E-state index contributed by atoms with van der Waals surface area (Å²) in [6, 6.07) is 0. The highest BCUT2D eigenvalue weighted by Crippen LogP contribution is 2.18. The highest BCUT2D eigenvalue weighted by Gasteiger charge is 2.08. The van der Waals surface area contributed by atoms with Gasteiger partial charge >= 0.3 is 0 Å². The van der Waals surface area contributed by atoms with Crippen molar-refractivity contribution in [1.82, 2.24) is 0 Å². The third-order valence-electron chi connectivity index (χ3n) is 3.33. The molecule has 0 aromatic heterocycles. The van der Waals surface area contributed by atoms with Crippen molar-refractivity contribution in [3.63, 3.8) is 0 Å². The van der Waals surface area contributed by atoms with Crippen LogP contribution in [-0.4, -0.2) is 5.78 Å². The van der Waals surface area contributed by atoms with E-state index >= 15 is 0 Å². The maximum Gasteiger partial charge on any atom is 0.158 e. The molecule has 0 spiro atoms. The Morgan fingerprint density at radius 1 is 1.00 bits per heavy atom. The molecule has 0 saturated carbocycles. The largest absolute Gasteiger partial charge is 0.295 e. The number of allylic oxidation sites excluding steroid dienone is 6. The Balaban J connectivity index is 2.94. The lowest BCUT2D eigenvalue weighted by Gasteiger charge is -2.08. The highest BCUT2D eigenvalue weighted by atomic mass is 16.1. The zero-order valence-corrected chi connectivity index (χ0v) is 10.7. The number of carbonyl (C=O) groups is 1. The Labute approximate surface area is 98.9 Å². The summed E-state index contributed by atoms with van der Waals surface area (Å²) in [6.45, 7) is 6.06. The quantitative estimate of drug-likeness (QED) is 0.590. The summed E-state index contributed by atoms with van der Waals surface area (Å²) in [4.78, 5) is 11.9. The van der Waals surface area contributed by atoms with Crippen LogP contribution in [0.1, 0.15) is 52.9 Å². The number of Topliss-reactive ketones (excluding diaryl/α,β-unsaturated/α-hetero) is 1. The highest BCUT2D eigenvalue weighted by molar-refractivity contribution is 5.96. The van der Waals surface area contributed by atoms with Gasteiger partial charge in [0.25, 0.3) is 0 Å². The summed E-state index contributed by atoms with van der Waals surface area (Å²) in [6.07, 6.45) is 11.6. The maximum atomic E-state index is 11.9. The molecule has 1 rings (SSSR count). The van der Waals surface area contributed by atoms with Crippen molar-refractivity contribution in [2.24, 2.45) is 0 Å². The maximum absolute atomic E-state index is 11.9. The number of hydrogen-bond donors (Lipinski definition) is 0. The second-order valence-electron chi connectivity index (χ2n) is 4.55. The average molecular weight is 218 g/mol. The van der Waals surface area contributed by atoms with Crippen LogP contribution in [0.5, 0.6) is 0 Å². The number of ketones is 1. The van der Waals surface area contributed by atoms with E-state index in [2.05, 4.69) is 25.2 Å². The third-order valence-corrected chi connectivity index (χ3v) is 3.33. The summed E-state index contributed by atoms with van der Waals surface area (Å²) in [5.41, 5.74) is 3.26. The van der Waals surface area contributed by atoms with Crippen LogP contribution >= 0.6 is 0 Å². The van der Waals surface area contributed by atoms with E-state index in [1.807, 2.05) is 13.8 Å². The van der Waals surface area contributed by atoms with Gasteiger partial charge in [0.15, 0.2) is 5.78 Å². The Morgan fingerprint density at radius 2 is 1.75 bits per heavy atom. The summed E-state index contributed by atoms with van der Waals surface area (Å²) < 4.78 is 0. The molecule has 0 saturated heterocycles. The summed E-state index contributed by atoms with van der Waals surface area (Å²) in [5, 5.41) is 0. The van der Waals surface area contributed by atoms with Gasteiger partial charge in [-0.25, -0.2) is 0 Å². The lowest BCUT2D eigenvalue weighted by Crippen LogP contribution is -2.03. The molecule has 0 atom stereocenters. The molecular weight excluding hydrogens is 196 g/mol. The standard InChI is InChI=1S/C15H22O/c1-12-10-8-6-4-5-7-9-11-15(16)14(3)13(12)2/h6,8,10H,4-5,7,9,11H2,1-3H3/b8-6-,12-10-,14-13-. The van der Waals surface area contributed by atoms with Gasteiger partial charge in [-0.1, -0.05) is 24.6 Å². The van der Waals surface area contributed by atoms with E-state index in [9.17, 15) is 4.79 Å². The minimum Gasteiger partial charge on any atom is -0.295 e. The molecule has 0 bridgehead atoms. The first-order valence-electron chi connectivity index (χ1n) is 6.17. The van der Waals surface area contributed by atoms with Gasteiger partial charge in [-0.15, -0.1) is 0 Å². The number of hydrogen-bond acceptors (Lipinski definition) is 1. The van der Waals surface area contributed by atoms with Crippen LogP contribution in [0.25, 0.3) is 0 Å². The molecule has 0 fully saturated rings. The van der Waals surface area contributed by atoms with Crippen molar-refractivity contribution in [3.8, 4) is 0 Å². The van der Waals surface area contributed by atoms with Crippen LogP contribution in [0.15, 0.2) is 34.9 Å². The van der Waals surface area contributed by atoms with Crippen molar-refractivity contribution in [2.75, 3.05) is 0 Å². The monoisotopic (exact) mass is 218 g/mol. The van der Waals surface area contributed by atoms with Crippen LogP contribution in [0.3, 0.4) is 0 Å². The van der Waals surface area contributed by atoms with Crippen molar-refractivity contribution < 1.29 is 4.79 Å². The van der Waals surface area contributed by atoms with E-state index in [0.29, 0.717) is 12.2 Å². The smallest absolute Gasteiger partial charge is 0.158 e. The van der Waals surface area contributed by atoms with Gasteiger partial charge in [-0.05, 0) is 56.8 Å². The van der Waals surface area contributed by atoms with Crippen LogP contribution in [0, 0.1) is 0 Å². The summed E-state index contributed by atoms with van der Waals surface area (Å²) in [7, 11) is 0. The SMILES string of the molecule is CC1=C/C=C\CCCCCC(=O)/C(C)=C\1C. The third kappa shape index (κ3) is 3.80. The first-order valence-corrected chi connectivity index (χ1v) is 6.17. The van der Waals surface area contributed by atoms with Crippen molar-refractivity contribution in [2.45, 2.75) is 52.9 Å². The zero-order chi connectivity index (χ0) is 12.0. The van der Waals surface area contributed by atoms with Crippen LogP contribution in [0.4, 0.5) is 0 Å². The molecule has 0 N–H and O–H groups in total. The fourth-order valence-electron chi connectivity index (χ4n) is 1.85. The Bertz CT molecular complexity index is 342. The molecular formula is C15H22O. The van der Waals surface area contributed by atoms with E-state index in [1.54, 1.807) is 0 Å². The first kappa shape index (κ1) is 13.0. The molecule has 88 valence electrons. The fraction of sp³-hybridized carbons (Fsp3) is 0.533. The molecule has 1 aliphatic rings. The topological polar surface area (TPSA) is 17.1 Å². The van der Waals surface area contributed by atoms with Gasteiger partial charge < -0.3 is 0 Å². The molecule has 1 nitrogen and oxygen atoms in total. The van der Waals surface area contributed by atoms with E-state index in [1.165, 1.54) is 12.0 Å². The van der Waals surface area contributed by atoms with E-state index in [0.717, 1.165) is 30.4 Å². The van der Waals surface area contributed by atoms with Crippen molar-refractivity contribution >= 4 is 5.78 Å². The van der Waals surface area contributed by atoms with E-state index < -0.39 is 0 Å². The van der Waals surface area contributed by atoms with Gasteiger partial charge in [0.05, 0.1) is 0 Å².